The van der Waals surface area contributed by atoms with Gasteiger partial charge in [-0.15, -0.1) is 0 Å². The number of halogens is 1. The van der Waals surface area contributed by atoms with Crippen LogP contribution < -0.4 is 5.32 Å². The zero-order chi connectivity index (χ0) is 15.3. The van der Waals surface area contributed by atoms with Crippen molar-refractivity contribution in [2.24, 2.45) is 5.11 Å². The summed E-state index contributed by atoms with van der Waals surface area (Å²) < 4.78 is 19.0. The van der Waals surface area contributed by atoms with Crippen LogP contribution in [0.1, 0.15) is 24.5 Å². The molecule has 2 rings (SSSR count). The third-order valence-electron chi connectivity index (χ3n) is 3.65. The molecule has 0 bridgehead atoms. The molecule has 0 aromatic heterocycles. The summed E-state index contributed by atoms with van der Waals surface area (Å²) in [5.41, 5.74) is 8.40. The van der Waals surface area contributed by atoms with Crippen LogP contribution in [0.5, 0.6) is 0 Å². The molecule has 1 aliphatic rings. The largest absolute Gasteiger partial charge is 0.464 e. The molecule has 0 spiro atoms. The van der Waals surface area contributed by atoms with Crippen molar-refractivity contribution in [3.05, 3.63) is 45.6 Å². The molecule has 0 saturated heterocycles. The van der Waals surface area contributed by atoms with Crippen LogP contribution >= 0.6 is 0 Å². The van der Waals surface area contributed by atoms with E-state index < -0.39 is 11.5 Å². The van der Waals surface area contributed by atoms with E-state index in [2.05, 4.69) is 15.3 Å². The van der Waals surface area contributed by atoms with Crippen molar-refractivity contribution in [1.29, 1.82) is 0 Å². The predicted octanol–water partition coefficient (Wildman–Crippen LogP) is 2.43. The van der Waals surface area contributed by atoms with Crippen LogP contribution in [0.2, 0.25) is 0 Å². The number of carbonyl (C=O) groups is 1. The van der Waals surface area contributed by atoms with E-state index in [-0.39, 0.29) is 19.0 Å². The van der Waals surface area contributed by atoms with Gasteiger partial charge in [-0.3, -0.25) is 5.32 Å². The summed E-state index contributed by atoms with van der Waals surface area (Å²) in [6.45, 7) is 2.51. The lowest BCUT2D eigenvalue weighted by molar-refractivity contribution is -0.151. The van der Waals surface area contributed by atoms with Crippen molar-refractivity contribution >= 4 is 5.97 Å². The molecule has 0 fully saturated rings. The molecule has 0 aliphatic heterocycles. The second-order valence-corrected chi connectivity index (χ2v) is 4.77. The van der Waals surface area contributed by atoms with Crippen molar-refractivity contribution in [2.45, 2.75) is 25.3 Å². The van der Waals surface area contributed by atoms with E-state index in [1.54, 1.807) is 19.1 Å². The highest BCUT2D eigenvalue weighted by Gasteiger charge is 2.47. The first-order valence-corrected chi connectivity index (χ1v) is 6.86. The Balaban J connectivity index is 2.33. The molecule has 7 heteroatoms. The Bertz CT molecular complexity index is 586. The van der Waals surface area contributed by atoms with Crippen LogP contribution in [0.3, 0.4) is 0 Å². The van der Waals surface area contributed by atoms with Crippen molar-refractivity contribution < 1.29 is 13.9 Å². The Kier molecular flexibility index (Phi) is 4.77. The zero-order valence-electron chi connectivity index (χ0n) is 11.8. The third-order valence-corrected chi connectivity index (χ3v) is 3.65. The van der Waals surface area contributed by atoms with Crippen LogP contribution in [0.4, 0.5) is 4.39 Å². The van der Waals surface area contributed by atoms with Crippen LogP contribution in [-0.2, 0) is 21.5 Å². The predicted molar refractivity (Wildman–Crippen MR) is 75.0 cm³/mol. The monoisotopic (exact) mass is 292 g/mol. The Morgan fingerprint density at radius 2 is 2.43 bits per heavy atom. The average Bonchev–Trinajstić information content (AvgIpc) is 2.86. The van der Waals surface area contributed by atoms with Gasteiger partial charge in [0, 0.05) is 18.0 Å². The SMILES string of the molecule is CCOC(=O)C1(NCCN=[N+]=[N-])CCc2c(F)cccc21. The summed E-state index contributed by atoms with van der Waals surface area (Å²) in [6.07, 6.45) is 0.897. The summed E-state index contributed by atoms with van der Waals surface area (Å²) >= 11 is 0. The summed E-state index contributed by atoms with van der Waals surface area (Å²) in [5, 5.41) is 6.53. The van der Waals surface area contributed by atoms with E-state index in [9.17, 15) is 9.18 Å². The smallest absolute Gasteiger partial charge is 0.331 e. The Morgan fingerprint density at radius 3 is 3.14 bits per heavy atom. The van der Waals surface area contributed by atoms with E-state index in [1.165, 1.54) is 6.07 Å². The lowest BCUT2D eigenvalue weighted by Gasteiger charge is -2.29. The Morgan fingerprint density at radius 1 is 1.62 bits per heavy atom. The molecule has 112 valence electrons. The molecular weight excluding hydrogens is 275 g/mol. The van der Waals surface area contributed by atoms with E-state index in [0.29, 0.717) is 30.5 Å². The van der Waals surface area contributed by atoms with Gasteiger partial charge >= 0.3 is 5.97 Å². The minimum absolute atomic E-state index is 0.211. The van der Waals surface area contributed by atoms with Gasteiger partial charge in [0.15, 0.2) is 0 Å². The third kappa shape index (κ3) is 2.84. The lowest BCUT2D eigenvalue weighted by Crippen LogP contribution is -2.49. The number of carbonyl (C=O) groups excluding carboxylic acids is 1. The van der Waals surface area contributed by atoms with Crippen molar-refractivity contribution in [2.75, 3.05) is 19.7 Å². The Labute approximate surface area is 121 Å². The van der Waals surface area contributed by atoms with Crippen LogP contribution in [0, 0.1) is 5.82 Å². The van der Waals surface area contributed by atoms with Gasteiger partial charge in [0.1, 0.15) is 11.4 Å². The Hall–Kier alpha value is -2.11. The molecule has 0 heterocycles. The van der Waals surface area contributed by atoms with Gasteiger partial charge < -0.3 is 4.74 Å². The van der Waals surface area contributed by atoms with Gasteiger partial charge in [-0.2, -0.15) is 0 Å². The summed E-state index contributed by atoms with van der Waals surface area (Å²) in [4.78, 5) is 15.1. The van der Waals surface area contributed by atoms with E-state index in [1.807, 2.05) is 0 Å². The molecule has 1 aliphatic carbocycles. The first-order chi connectivity index (χ1) is 10.2. The maximum absolute atomic E-state index is 13.9. The fraction of sp³-hybridized carbons (Fsp3) is 0.500. The summed E-state index contributed by atoms with van der Waals surface area (Å²) in [6, 6.07) is 4.71. The molecule has 6 nitrogen and oxygen atoms in total. The number of fused-ring (bicyclic) bond motifs is 1. The highest BCUT2D eigenvalue weighted by Crippen LogP contribution is 2.39. The van der Waals surface area contributed by atoms with E-state index >= 15 is 0 Å². The van der Waals surface area contributed by atoms with Crippen LogP contribution in [-0.4, -0.2) is 25.7 Å². The first-order valence-electron chi connectivity index (χ1n) is 6.86. The number of esters is 1. The van der Waals surface area contributed by atoms with Crippen molar-refractivity contribution in [3.8, 4) is 0 Å². The minimum atomic E-state index is -1.06. The minimum Gasteiger partial charge on any atom is -0.464 e. The lowest BCUT2D eigenvalue weighted by atomic mass is 9.91. The van der Waals surface area contributed by atoms with Crippen LogP contribution in [0.15, 0.2) is 23.3 Å². The highest BCUT2D eigenvalue weighted by atomic mass is 19.1. The standard InChI is InChI=1S/C14H17FN4O2/c1-2-21-13(20)14(17-8-9-18-19-16)7-6-10-11(14)4-3-5-12(10)15/h3-5,17H,2,6-9H2,1H3. The van der Waals surface area contributed by atoms with Gasteiger partial charge in [-0.05, 0) is 42.5 Å². The first kappa shape index (κ1) is 15.3. The second-order valence-electron chi connectivity index (χ2n) is 4.77. The molecule has 21 heavy (non-hydrogen) atoms. The van der Waals surface area contributed by atoms with E-state index in [0.717, 1.165) is 0 Å². The molecule has 1 N–H and O–H groups in total. The normalized spacial score (nSPS) is 19.7. The molecule has 1 atom stereocenters. The topological polar surface area (TPSA) is 87.1 Å². The maximum atomic E-state index is 13.9. The van der Waals surface area contributed by atoms with Gasteiger partial charge in [0.25, 0.3) is 0 Å². The second kappa shape index (κ2) is 6.56. The number of azide groups is 1. The van der Waals surface area contributed by atoms with Crippen LogP contribution in [0.25, 0.3) is 10.4 Å². The van der Waals surface area contributed by atoms with Gasteiger partial charge in [0.05, 0.1) is 6.61 Å². The number of hydrogen-bond donors (Lipinski definition) is 1. The number of benzene rings is 1. The number of nitrogens with one attached hydrogen (secondary N) is 1. The van der Waals surface area contributed by atoms with Gasteiger partial charge in [-0.1, -0.05) is 17.2 Å². The molecule has 0 amide bonds. The zero-order valence-corrected chi connectivity index (χ0v) is 11.8. The number of nitrogens with zero attached hydrogens (tertiary/aromatic N) is 3. The maximum Gasteiger partial charge on any atom is 0.331 e. The fourth-order valence-corrected chi connectivity index (χ4v) is 2.75. The van der Waals surface area contributed by atoms with Crippen molar-refractivity contribution in [3.63, 3.8) is 0 Å². The van der Waals surface area contributed by atoms with Gasteiger partial charge in [0.2, 0.25) is 0 Å². The van der Waals surface area contributed by atoms with Crippen molar-refractivity contribution in [1.82, 2.24) is 5.32 Å². The fourth-order valence-electron chi connectivity index (χ4n) is 2.75. The summed E-state index contributed by atoms with van der Waals surface area (Å²) in [5.74, 6) is -0.731. The number of hydrogen-bond acceptors (Lipinski definition) is 4. The van der Waals surface area contributed by atoms with E-state index in [4.69, 9.17) is 10.3 Å². The molecule has 0 saturated carbocycles. The number of ether oxygens (including phenoxy) is 1. The average molecular weight is 292 g/mol. The molecular formula is C14H17FN4O2. The highest BCUT2D eigenvalue weighted by molar-refractivity contribution is 5.84. The quantitative estimate of drug-likeness (QED) is 0.287. The van der Waals surface area contributed by atoms with Gasteiger partial charge in [-0.25, -0.2) is 9.18 Å². The number of rotatable bonds is 6. The summed E-state index contributed by atoms with van der Waals surface area (Å²) in [7, 11) is 0. The molecule has 0 radical (unpaired) electrons. The molecule has 1 aromatic carbocycles. The molecule has 1 unspecified atom stereocenters. The molecule has 1 aromatic rings.